The average molecular weight is 250 g/mol. The number of benzene rings is 1. The summed E-state index contributed by atoms with van der Waals surface area (Å²) in [4.78, 5) is 14.3. The van der Waals surface area contributed by atoms with Gasteiger partial charge in [-0.3, -0.25) is 4.79 Å². The molecule has 0 aliphatic rings. The second kappa shape index (κ2) is 7.05. The summed E-state index contributed by atoms with van der Waals surface area (Å²) in [5.41, 5.74) is 10.1. The van der Waals surface area contributed by atoms with Gasteiger partial charge in [-0.2, -0.15) is 4.79 Å². The zero-order valence-electron chi connectivity index (χ0n) is 10.6. The van der Waals surface area contributed by atoms with Crippen LogP contribution >= 0.6 is 12.6 Å². The minimum Gasteiger partial charge on any atom is -0.361 e. The highest BCUT2D eigenvalue weighted by molar-refractivity contribution is 7.94. The molecule has 1 aromatic carbocycles. The van der Waals surface area contributed by atoms with Gasteiger partial charge in [0, 0.05) is 11.0 Å². The first kappa shape index (κ1) is 15.6. The number of Topliss-reactive ketones (excluding diaryl/α,β-unsaturated/α-hetero) is 1. The van der Waals surface area contributed by atoms with Crippen molar-refractivity contribution in [1.29, 1.82) is 0 Å². The lowest BCUT2D eigenvalue weighted by molar-refractivity contribution is 0.00851. The SMILES string of the molecule is Cc1ccc(C(=O)C(C)(C)C)cc1.[N-]=[N+]=CS. The van der Waals surface area contributed by atoms with Crippen LogP contribution in [0.5, 0.6) is 0 Å². The van der Waals surface area contributed by atoms with E-state index in [1.54, 1.807) is 0 Å². The van der Waals surface area contributed by atoms with Crippen molar-refractivity contribution in [2.45, 2.75) is 27.7 Å². The number of carbonyl (C=O) groups is 1. The Bertz CT molecular complexity index is 412. The fourth-order valence-electron chi connectivity index (χ4n) is 1.14. The predicted molar refractivity (Wildman–Crippen MR) is 73.6 cm³/mol. The standard InChI is InChI=1S/C12H16O.CH2N2S/c1-9-5-7-10(8-6-9)11(13)12(2,3)4;2-3-1-4/h5-8H,1-4H3;1,4H. The fourth-order valence-corrected chi connectivity index (χ4v) is 1.14. The largest absolute Gasteiger partial charge is 0.361 e. The summed E-state index contributed by atoms with van der Waals surface area (Å²) in [5, 5.41) is 0. The van der Waals surface area contributed by atoms with Crippen LogP contribution in [0, 0.1) is 12.3 Å². The Hall–Kier alpha value is -1.38. The van der Waals surface area contributed by atoms with Crippen LogP contribution in [0.1, 0.15) is 36.7 Å². The van der Waals surface area contributed by atoms with E-state index in [-0.39, 0.29) is 11.2 Å². The third-order valence-electron chi connectivity index (χ3n) is 2.05. The molecule has 0 heterocycles. The van der Waals surface area contributed by atoms with Crippen molar-refractivity contribution < 1.29 is 9.58 Å². The molecule has 0 N–H and O–H groups in total. The van der Waals surface area contributed by atoms with Gasteiger partial charge in [-0.15, -0.1) is 0 Å². The molecule has 0 atom stereocenters. The van der Waals surface area contributed by atoms with Gasteiger partial charge in [0.05, 0.1) is 0 Å². The molecule has 0 saturated heterocycles. The Morgan fingerprint density at radius 2 is 1.71 bits per heavy atom. The lowest BCUT2D eigenvalue weighted by atomic mass is 9.86. The molecule has 3 nitrogen and oxygen atoms in total. The number of rotatable bonds is 1. The highest BCUT2D eigenvalue weighted by Crippen LogP contribution is 2.20. The van der Waals surface area contributed by atoms with Crippen molar-refractivity contribution in [3.63, 3.8) is 0 Å². The van der Waals surface area contributed by atoms with Crippen molar-refractivity contribution in [3.8, 4) is 0 Å². The van der Waals surface area contributed by atoms with Crippen LogP contribution in [0.25, 0.3) is 5.53 Å². The summed E-state index contributed by atoms with van der Waals surface area (Å²) in [6.07, 6.45) is 0. The molecule has 17 heavy (non-hydrogen) atoms. The Balaban J connectivity index is 0.000000557. The molecule has 4 heteroatoms. The Labute approximate surface area is 108 Å². The number of aryl methyl sites for hydroxylation is 1. The van der Waals surface area contributed by atoms with E-state index in [1.807, 2.05) is 52.0 Å². The number of carbonyl (C=O) groups excluding carboxylic acids is 1. The number of thiol groups is 1. The predicted octanol–water partition coefficient (Wildman–Crippen LogP) is 3.40. The van der Waals surface area contributed by atoms with Crippen LogP contribution in [0.3, 0.4) is 0 Å². The highest BCUT2D eigenvalue weighted by atomic mass is 32.1. The maximum absolute atomic E-state index is 11.8. The first-order valence-corrected chi connectivity index (χ1v) is 5.76. The van der Waals surface area contributed by atoms with Crippen LogP contribution in [0.2, 0.25) is 0 Å². The van der Waals surface area contributed by atoms with Gasteiger partial charge in [0.2, 0.25) is 0 Å². The van der Waals surface area contributed by atoms with Crippen LogP contribution in [0.15, 0.2) is 24.3 Å². The van der Waals surface area contributed by atoms with Crippen LogP contribution in [-0.4, -0.2) is 16.1 Å². The molecule has 1 rings (SSSR count). The first-order valence-electron chi connectivity index (χ1n) is 5.24. The third-order valence-corrected chi connectivity index (χ3v) is 2.15. The van der Waals surface area contributed by atoms with Gasteiger partial charge < -0.3 is 5.53 Å². The summed E-state index contributed by atoms with van der Waals surface area (Å²) in [7, 11) is 0. The summed E-state index contributed by atoms with van der Waals surface area (Å²) in [6, 6.07) is 7.73. The monoisotopic (exact) mass is 250 g/mol. The van der Waals surface area contributed by atoms with Crippen molar-refractivity contribution in [1.82, 2.24) is 0 Å². The number of hydrogen-bond acceptors (Lipinski definition) is 1. The van der Waals surface area contributed by atoms with E-state index in [1.165, 1.54) is 5.56 Å². The van der Waals surface area contributed by atoms with Crippen molar-refractivity contribution in [2.24, 2.45) is 5.41 Å². The Morgan fingerprint density at radius 3 is 2.00 bits per heavy atom. The van der Waals surface area contributed by atoms with E-state index in [4.69, 9.17) is 5.53 Å². The number of ketones is 1. The zero-order valence-corrected chi connectivity index (χ0v) is 11.5. The van der Waals surface area contributed by atoms with E-state index in [0.29, 0.717) is 0 Å². The second-order valence-corrected chi connectivity index (χ2v) is 4.91. The van der Waals surface area contributed by atoms with Gasteiger partial charge in [0.25, 0.3) is 0 Å². The molecule has 0 fully saturated rings. The van der Waals surface area contributed by atoms with E-state index in [2.05, 4.69) is 17.4 Å². The van der Waals surface area contributed by atoms with E-state index in [9.17, 15) is 4.79 Å². The molecule has 0 amide bonds. The Kier molecular flexibility index (Phi) is 6.47. The van der Waals surface area contributed by atoms with Crippen molar-refractivity contribution in [2.75, 3.05) is 0 Å². The molecule has 0 aromatic heterocycles. The van der Waals surface area contributed by atoms with Gasteiger partial charge in [0.1, 0.15) is 0 Å². The molecule has 0 aliphatic carbocycles. The molecule has 0 unspecified atom stereocenters. The first-order chi connectivity index (χ1) is 7.82. The van der Waals surface area contributed by atoms with Crippen molar-refractivity contribution in [3.05, 3.63) is 40.9 Å². The molecule has 92 valence electrons. The van der Waals surface area contributed by atoms with Crippen LogP contribution in [-0.2, 0) is 0 Å². The molecule has 0 bridgehead atoms. The van der Waals surface area contributed by atoms with E-state index >= 15 is 0 Å². The lowest BCUT2D eigenvalue weighted by Gasteiger charge is -2.16. The van der Waals surface area contributed by atoms with Gasteiger partial charge in [-0.25, -0.2) is 0 Å². The minimum absolute atomic E-state index is 0.201. The number of hydrogen-bond donors (Lipinski definition) is 1. The highest BCUT2D eigenvalue weighted by Gasteiger charge is 2.22. The molecule has 0 aliphatic heterocycles. The summed E-state index contributed by atoms with van der Waals surface area (Å²) in [5.74, 6) is 0.201. The smallest absolute Gasteiger partial charge is 0.311 e. The van der Waals surface area contributed by atoms with Gasteiger partial charge in [0.15, 0.2) is 5.78 Å². The van der Waals surface area contributed by atoms with E-state index in [0.717, 1.165) is 11.1 Å². The molecule has 0 radical (unpaired) electrons. The lowest BCUT2D eigenvalue weighted by Crippen LogP contribution is -2.19. The normalized spacial score (nSPS) is 9.71. The average Bonchev–Trinajstić information content (AvgIpc) is 2.28. The summed E-state index contributed by atoms with van der Waals surface area (Å²) >= 11 is 3.38. The molecular weight excluding hydrogens is 232 g/mol. The second-order valence-electron chi connectivity index (χ2n) is 4.68. The van der Waals surface area contributed by atoms with Gasteiger partial charge in [-0.05, 0) is 6.92 Å². The molecular formula is C13H18N2OS. The topological polar surface area (TPSA) is 53.5 Å². The molecule has 1 aromatic rings. The van der Waals surface area contributed by atoms with Crippen molar-refractivity contribution >= 4 is 24.0 Å². The van der Waals surface area contributed by atoms with Crippen LogP contribution in [0.4, 0.5) is 0 Å². The zero-order chi connectivity index (χ0) is 13.5. The van der Waals surface area contributed by atoms with E-state index < -0.39 is 0 Å². The maximum atomic E-state index is 11.8. The summed E-state index contributed by atoms with van der Waals surface area (Å²) in [6.45, 7) is 7.84. The molecule has 0 saturated carbocycles. The third kappa shape index (κ3) is 6.05. The quantitative estimate of drug-likeness (QED) is 0.204. The minimum atomic E-state index is -0.282. The number of nitrogens with zero attached hydrogens (tertiary/aromatic N) is 2. The van der Waals surface area contributed by atoms with Crippen LogP contribution < -0.4 is 0 Å². The van der Waals surface area contributed by atoms with Gasteiger partial charge in [-0.1, -0.05) is 63.2 Å². The summed E-state index contributed by atoms with van der Waals surface area (Å²) < 4.78 is 0. The van der Waals surface area contributed by atoms with Gasteiger partial charge >= 0.3 is 5.55 Å². The Morgan fingerprint density at radius 1 is 1.29 bits per heavy atom. The molecule has 0 spiro atoms. The maximum Gasteiger partial charge on any atom is 0.311 e. The fraction of sp³-hybridized carbons (Fsp3) is 0.385.